The molecule has 2 rings (SSSR count). The van der Waals surface area contributed by atoms with Crippen LogP contribution in [0.2, 0.25) is 0 Å². The Morgan fingerprint density at radius 2 is 1.75 bits per heavy atom. The number of aryl methyl sites for hydroxylation is 3. The topological polar surface area (TPSA) is 0 Å². The van der Waals surface area contributed by atoms with E-state index < -0.39 is 0 Å². The van der Waals surface area contributed by atoms with Crippen LogP contribution >= 0.6 is 27.3 Å². The lowest BCUT2D eigenvalue weighted by Crippen LogP contribution is -1.98. The fraction of sp³-hybridized carbons (Fsp3) is 0.286. The lowest BCUT2D eigenvalue weighted by Gasteiger charge is -2.16. The predicted octanol–water partition coefficient (Wildman–Crippen LogP) is 5.16. The minimum absolute atomic E-state index is 0.327. The Morgan fingerprint density at radius 1 is 1.12 bits per heavy atom. The minimum atomic E-state index is 0.327. The van der Waals surface area contributed by atoms with Crippen LogP contribution in [0.1, 0.15) is 32.0 Å². The first-order valence-corrected chi connectivity index (χ1v) is 7.14. The highest BCUT2D eigenvalue weighted by atomic mass is 79.9. The van der Waals surface area contributed by atoms with Crippen molar-refractivity contribution >= 4 is 27.3 Å². The Bertz CT molecular complexity index is 462. The zero-order valence-electron chi connectivity index (χ0n) is 9.75. The molecule has 1 unspecified atom stereocenters. The Hall–Kier alpha value is -0.600. The quantitative estimate of drug-likeness (QED) is 0.671. The number of hydrogen-bond acceptors (Lipinski definition) is 1. The summed E-state index contributed by atoms with van der Waals surface area (Å²) in [7, 11) is 0. The summed E-state index contributed by atoms with van der Waals surface area (Å²) in [6.45, 7) is 6.53. The first kappa shape index (κ1) is 11.9. The van der Waals surface area contributed by atoms with Gasteiger partial charge in [-0.15, -0.1) is 11.3 Å². The number of hydrogen-bond donors (Lipinski definition) is 0. The molecule has 2 aromatic rings. The summed E-state index contributed by atoms with van der Waals surface area (Å²) in [5.41, 5.74) is 5.48. The molecule has 1 aromatic carbocycles. The normalized spacial score (nSPS) is 12.8. The highest BCUT2D eigenvalue weighted by molar-refractivity contribution is 9.09. The first-order valence-electron chi connectivity index (χ1n) is 5.35. The lowest BCUT2D eigenvalue weighted by atomic mass is 9.97. The van der Waals surface area contributed by atoms with Gasteiger partial charge in [0, 0.05) is 4.88 Å². The van der Waals surface area contributed by atoms with E-state index in [4.69, 9.17) is 0 Å². The van der Waals surface area contributed by atoms with Gasteiger partial charge < -0.3 is 0 Å². The van der Waals surface area contributed by atoms with E-state index >= 15 is 0 Å². The van der Waals surface area contributed by atoms with Gasteiger partial charge in [-0.2, -0.15) is 0 Å². The highest BCUT2D eigenvalue weighted by Gasteiger charge is 2.16. The van der Waals surface area contributed by atoms with Gasteiger partial charge >= 0.3 is 0 Å². The van der Waals surface area contributed by atoms with Gasteiger partial charge in [0.2, 0.25) is 0 Å². The zero-order valence-corrected chi connectivity index (χ0v) is 12.2. The Morgan fingerprint density at radius 3 is 2.25 bits per heavy atom. The molecule has 0 fully saturated rings. The molecule has 0 N–H and O–H groups in total. The maximum Gasteiger partial charge on any atom is 0.0743 e. The van der Waals surface area contributed by atoms with E-state index in [2.05, 4.69) is 66.3 Å². The lowest BCUT2D eigenvalue weighted by molar-refractivity contribution is 1.13. The van der Waals surface area contributed by atoms with Crippen molar-refractivity contribution in [3.63, 3.8) is 0 Å². The van der Waals surface area contributed by atoms with Crippen LogP contribution in [0.25, 0.3) is 0 Å². The zero-order chi connectivity index (χ0) is 11.7. The maximum absolute atomic E-state index is 3.81. The fourth-order valence-electron chi connectivity index (χ4n) is 2.17. The van der Waals surface area contributed by atoms with Crippen molar-refractivity contribution < 1.29 is 0 Å². The standard InChI is InChI=1S/C14H15BrS/c1-9-7-10(2)13(11(3)8-9)14(15)12-5-4-6-16-12/h4-8,14H,1-3H3. The second-order valence-corrected chi connectivity index (χ2v) is 6.09. The molecule has 1 atom stereocenters. The molecule has 0 saturated heterocycles. The van der Waals surface area contributed by atoms with E-state index in [0.29, 0.717) is 4.83 Å². The van der Waals surface area contributed by atoms with Gasteiger partial charge in [0.25, 0.3) is 0 Å². The van der Waals surface area contributed by atoms with Gasteiger partial charge in [0.15, 0.2) is 0 Å². The molecule has 0 saturated carbocycles. The van der Waals surface area contributed by atoms with Gasteiger partial charge in [0.1, 0.15) is 0 Å². The fourth-order valence-corrected chi connectivity index (χ4v) is 4.08. The molecule has 1 heterocycles. The van der Waals surface area contributed by atoms with Crippen LogP contribution in [0, 0.1) is 20.8 Å². The van der Waals surface area contributed by atoms with Gasteiger partial charge in [-0.3, -0.25) is 0 Å². The van der Waals surface area contributed by atoms with E-state index in [1.54, 1.807) is 11.3 Å². The van der Waals surface area contributed by atoms with Crippen molar-refractivity contribution in [1.82, 2.24) is 0 Å². The largest absolute Gasteiger partial charge is 0.147 e. The van der Waals surface area contributed by atoms with Crippen molar-refractivity contribution in [1.29, 1.82) is 0 Å². The third kappa shape index (κ3) is 2.23. The molecule has 0 nitrogen and oxygen atoms in total. The average Bonchev–Trinajstić information content (AvgIpc) is 2.67. The van der Waals surface area contributed by atoms with E-state index in [-0.39, 0.29) is 0 Å². The number of thiophene rings is 1. The molecule has 2 heteroatoms. The molecule has 0 aliphatic heterocycles. The van der Waals surface area contributed by atoms with Crippen LogP contribution < -0.4 is 0 Å². The number of rotatable bonds is 2. The van der Waals surface area contributed by atoms with E-state index in [0.717, 1.165) is 0 Å². The summed E-state index contributed by atoms with van der Waals surface area (Å²) in [4.78, 5) is 1.70. The SMILES string of the molecule is Cc1cc(C)c(C(Br)c2cccs2)c(C)c1. The summed E-state index contributed by atoms with van der Waals surface area (Å²) in [5.74, 6) is 0. The average molecular weight is 295 g/mol. The maximum atomic E-state index is 3.81. The van der Waals surface area contributed by atoms with Crippen molar-refractivity contribution in [2.24, 2.45) is 0 Å². The highest BCUT2D eigenvalue weighted by Crippen LogP contribution is 2.37. The first-order chi connectivity index (χ1) is 7.59. The van der Waals surface area contributed by atoms with Crippen LogP contribution in [0.5, 0.6) is 0 Å². The van der Waals surface area contributed by atoms with Crippen LogP contribution in [0.3, 0.4) is 0 Å². The van der Waals surface area contributed by atoms with Crippen molar-refractivity contribution in [3.8, 4) is 0 Å². The molecule has 0 bridgehead atoms. The molecule has 0 radical (unpaired) electrons. The molecule has 0 aliphatic rings. The van der Waals surface area contributed by atoms with Crippen molar-refractivity contribution in [3.05, 3.63) is 56.8 Å². The van der Waals surface area contributed by atoms with E-state index in [9.17, 15) is 0 Å². The number of halogens is 1. The summed E-state index contributed by atoms with van der Waals surface area (Å²) in [6.07, 6.45) is 0. The molecular weight excluding hydrogens is 280 g/mol. The monoisotopic (exact) mass is 294 g/mol. The number of benzene rings is 1. The van der Waals surface area contributed by atoms with Crippen LogP contribution in [-0.4, -0.2) is 0 Å². The summed E-state index contributed by atoms with van der Waals surface area (Å²) in [6, 6.07) is 8.80. The van der Waals surface area contributed by atoms with Gasteiger partial charge in [-0.1, -0.05) is 39.7 Å². The Balaban J connectivity index is 2.48. The second-order valence-electron chi connectivity index (χ2n) is 4.19. The smallest absolute Gasteiger partial charge is 0.0743 e. The van der Waals surface area contributed by atoms with Crippen LogP contribution in [0.4, 0.5) is 0 Å². The molecule has 0 aliphatic carbocycles. The van der Waals surface area contributed by atoms with Gasteiger partial charge in [0.05, 0.1) is 4.83 Å². The number of alkyl halides is 1. The van der Waals surface area contributed by atoms with Crippen molar-refractivity contribution in [2.75, 3.05) is 0 Å². The summed E-state index contributed by atoms with van der Waals surface area (Å²) < 4.78 is 0. The molecule has 1 aromatic heterocycles. The minimum Gasteiger partial charge on any atom is -0.147 e. The summed E-state index contributed by atoms with van der Waals surface area (Å²) >= 11 is 5.61. The van der Waals surface area contributed by atoms with Gasteiger partial charge in [-0.05, 0) is 48.9 Å². The van der Waals surface area contributed by atoms with E-state index in [1.165, 1.54) is 27.1 Å². The van der Waals surface area contributed by atoms with E-state index in [1.807, 2.05) is 0 Å². The third-order valence-corrected chi connectivity index (χ3v) is 4.98. The van der Waals surface area contributed by atoms with Crippen molar-refractivity contribution in [2.45, 2.75) is 25.6 Å². The summed E-state index contributed by atoms with van der Waals surface area (Å²) in [5, 5.41) is 2.13. The third-order valence-electron chi connectivity index (χ3n) is 2.78. The molecular formula is C14H15BrS. The van der Waals surface area contributed by atoms with Gasteiger partial charge in [-0.25, -0.2) is 0 Å². The van der Waals surface area contributed by atoms with Crippen LogP contribution in [0.15, 0.2) is 29.6 Å². The Kier molecular flexibility index (Phi) is 3.50. The molecule has 0 amide bonds. The Labute approximate surface area is 109 Å². The molecule has 16 heavy (non-hydrogen) atoms. The molecule has 0 spiro atoms. The second kappa shape index (κ2) is 4.72. The van der Waals surface area contributed by atoms with Crippen LogP contribution in [-0.2, 0) is 0 Å². The predicted molar refractivity (Wildman–Crippen MR) is 75.7 cm³/mol. The molecule has 84 valence electrons.